The SMILES string of the molecule is CCCCn1c(=O)c2ccc(OC(C)C)cc2c2cc(C(O)(C(F)(F)F)C(F)(F)F)ccc21. The Kier molecular flexibility index (Phi) is 6.45. The van der Waals surface area contributed by atoms with Gasteiger partial charge in [-0.05, 0) is 50.6 Å². The molecule has 0 atom stereocenters. The summed E-state index contributed by atoms with van der Waals surface area (Å²) in [4.78, 5) is 13.1. The number of halogens is 6. The van der Waals surface area contributed by atoms with Crippen molar-refractivity contribution in [3.05, 3.63) is 52.3 Å². The van der Waals surface area contributed by atoms with E-state index in [-0.39, 0.29) is 34.3 Å². The second-order valence-electron chi connectivity index (χ2n) is 8.12. The molecule has 33 heavy (non-hydrogen) atoms. The number of rotatable bonds is 6. The first-order valence-corrected chi connectivity index (χ1v) is 10.4. The van der Waals surface area contributed by atoms with Crippen molar-refractivity contribution in [3.63, 3.8) is 0 Å². The molecule has 0 bridgehead atoms. The number of aryl methyl sites for hydroxylation is 1. The van der Waals surface area contributed by atoms with Gasteiger partial charge in [0.15, 0.2) is 0 Å². The molecule has 1 aromatic heterocycles. The molecule has 10 heteroatoms. The van der Waals surface area contributed by atoms with E-state index in [1.54, 1.807) is 13.8 Å². The van der Waals surface area contributed by atoms with E-state index in [1.165, 1.54) is 22.8 Å². The number of pyridine rings is 1. The number of unbranched alkanes of at least 4 members (excludes halogenated alkanes) is 1. The van der Waals surface area contributed by atoms with Crippen LogP contribution in [0.15, 0.2) is 41.2 Å². The van der Waals surface area contributed by atoms with E-state index in [9.17, 15) is 36.2 Å². The average Bonchev–Trinajstić information content (AvgIpc) is 2.70. The molecular formula is C23H23F6NO3. The number of aromatic nitrogens is 1. The van der Waals surface area contributed by atoms with Crippen LogP contribution < -0.4 is 10.3 Å². The predicted octanol–water partition coefficient (Wildman–Crippen LogP) is 6.05. The number of hydrogen-bond acceptors (Lipinski definition) is 3. The molecule has 0 spiro atoms. The van der Waals surface area contributed by atoms with Crippen LogP contribution in [0.2, 0.25) is 0 Å². The Balaban J connectivity index is 2.44. The van der Waals surface area contributed by atoms with E-state index >= 15 is 0 Å². The molecule has 0 saturated heterocycles. The molecule has 0 aliphatic heterocycles. The van der Waals surface area contributed by atoms with Crippen LogP contribution in [0.1, 0.15) is 39.2 Å². The number of fused-ring (bicyclic) bond motifs is 3. The predicted molar refractivity (Wildman–Crippen MR) is 112 cm³/mol. The van der Waals surface area contributed by atoms with Crippen LogP contribution in [0.5, 0.6) is 5.75 Å². The Morgan fingerprint density at radius 2 is 1.58 bits per heavy atom. The molecule has 0 fully saturated rings. The Bertz CT molecular complexity index is 1210. The molecular weight excluding hydrogens is 452 g/mol. The van der Waals surface area contributed by atoms with Gasteiger partial charge in [-0.3, -0.25) is 4.79 Å². The molecule has 0 radical (unpaired) electrons. The smallest absolute Gasteiger partial charge is 0.430 e. The Morgan fingerprint density at radius 3 is 2.12 bits per heavy atom. The molecule has 3 rings (SSSR count). The van der Waals surface area contributed by atoms with Crippen molar-refractivity contribution in [2.24, 2.45) is 0 Å². The lowest BCUT2D eigenvalue weighted by Crippen LogP contribution is -2.53. The molecule has 2 aromatic carbocycles. The second kappa shape index (κ2) is 8.55. The highest BCUT2D eigenvalue weighted by molar-refractivity contribution is 6.06. The van der Waals surface area contributed by atoms with Gasteiger partial charge in [-0.1, -0.05) is 19.4 Å². The fraction of sp³-hybridized carbons (Fsp3) is 0.435. The summed E-state index contributed by atoms with van der Waals surface area (Å²) in [6.45, 7) is 5.61. The molecule has 0 unspecified atom stereocenters. The number of benzene rings is 2. The monoisotopic (exact) mass is 475 g/mol. The summed E-state index contributed by atoms with van der Waals surface area (Å²) in [5.74, 6) is 0.303. The number of ether oxygens (including phenoxy) is 1. The Morgan fingerprint density at radius 1 is 0.939 bits per heavy atom. The fourth-order valence-corrected chi connectivity index (χ4v) is 3.77. The normalized spacial score (nSPS) is 13.3. The summed E-state index contributed by atoms with van der Waals surface area (Å²) in [6.07, 6.45) is -11.0. The Hall–Kier alpha value is -2.75. The van der Waals surface area contributed by atoms with Crippen LogP contribution in [0.25, 0.3) is 21.7 Å². The van der Waals surface area contributed by atoms with Crippen LogP contribution in [0.4, 0.5) is 26.3 Å². The lowest BCUT2D eigenvalue weighted by Gasteiger charge is -2.33. The van der Waals surface area contributed by atoms with Crippen molar-refractivity contribution in [1.29, 1.82) is 0 Å². The van der Waals surface area contributed by atoms with E-state index in [2.05, 4.69) is 0 Å². The van der Waals surface area contributed by atoms with Crippen molar-refractivity contribution < 1.29 is 36.2 Å². The lowest BCUT2D eigenvalue weighted by atomic mass is 9.90. The zero-order valence-electron chi connectivity index (χ0n) is 18.1. The molecule has 3 aromatic rings. The Labute approximate surface area is 185 Å². The molecule has 1 heterocycles. The van der Waals surface area contributed by atoms with E-state index in [0.717, 1.165) is 6.07 Å². The van der Waals surface area contributed by atoms with Crippen molar-refractivity contribution in [3.8, 4) is 5.75 Å². The van der Waals surface area contributed by atoms with E-state index in [1.807, 2.05) is 6.92 Å². The van der Waals surface area contributed by atoms with Crippen molar-refractivity contribution in [2.45, 2.75) is 64.2 Å². The van der Waals surface area contributed by atoms with Crippen LogP contribution in [-0.4, -0.2) is 28.1 Å². The zero-order valence-corrected chi connectivity index (χ0v) is 18.1. The zero-order chi connectivity index (χ0) is 24.8. The first-order valence-electron chi connectivity index (χ1n) is 10.4. The molecule has 1 N–H and O–H groups in total. The minimum Gasteiger partial charge on any atom is -0.491 e. The molecule has 0 saturated carbocycles. The van der Waals surface area contributed by atoms with Gasteiger partial charge < -0.3 is 14.4 Å². The van der Waals surface area contributed by atoms with Crippen molar-refractivity contribution in [2.75, 3.05) is 0 Å². The van der Waals surface area contributed by atoms with Gasteiger partial charge in [0, 0.05) is 28.3 Å². The lowest BCUT2D eigenvalue weighted by molar-refractivity contribution is -0.376. The van der Waals surface area contributed by atoms with E-state index in [0.29, 0.717) is 30.7 Å². The topological polar surface area (TPSA) is 51.5 Å². The van der Waals surface area contributed by atoms with Gasteiger partial charge in [-0.25, -0.2) is 0 Å². The minimum atomic E-state index is -6.02. The van der Waals surface area contributed by atoms with Gasteiger partial charge in [0.05, 0.1) is 11.6 Å². The summed E-state index contributed by atoms with van der Waals surface area (Å²) >= 11 is 0. The van der Waals surface area contributed by atoms with Crippen LogP contribution in [0, 0.1) is 0 Å². The molecule has 0 aliphatic rings. The number of hydrogen-bond donors (Lipinski definition) is 1. The molecule has 0 aliphatic carbocycles. The summed E-state index contributed by atoms with van der Waals surface area (Å²) in [5, 5.41) is 10.1. The minimum absolute atomic E-state index is 0.0284. The average molecular weight is 475 g/mol. The molecule has 4 nitrogen and oxygen atoms in total. The maximum absolute atomic E-state index is 13.5. The molecule has 180 valence electrons. The summed E-state index contributed by atoms with van der Waals surface area (Å²) in [6, 6.07) is 6.59. The highest BCUT2D eigenvalue weighted by Gasteiger charge is 2.71. The first kappa shape index (κ1) is 24.9. The summed E-state index contributed by atoms with van der Waals surface area (Å²) < 4.78 is 87.8. The fourth-order valence-electron chi connectivity index (χ4n) is 3.77. The maximum atomic E-state index is 13.5. The van der Waals surface area contributed by atoms with Crippen LogP contribution in [-0.2, 0) is 12.1 Å². The summed E-state index contributed by atoms with van der Waals surface area (Å²) in [5.41, 5.74) is -6.71. The van der Waals surface area contributed by atoms with Gasteiger partial charge in [-0.2, -0.15) is 26.3 Å². The maximum Gasteiger partial charge on any atom is 0.430 e. The standard InChI is InChI=1S/C23H23F6NO3/c1-4-5-10-30-19-9-6-14(21(32,22(24,25)26)23(27,28)29)11-18(19)17-12-15(33-13(2)3)7-8-16(17)20(30)31/h6-9,11-13,32H,4-5,10H2,1-3H3. The van der Waals surface area contributed by atoms with Gasteiger partial charge in [0.25, 0.3) is 11.2 Å². The highest BCUT2D eigenvalue weighted by atomic mass is 19.4. The highest BCUT2D eigenvalue weighted by Crippen LogP contribution is 2.50. The summed E-state index contributed by atoms with van der Waals surface area (Å²) in [7, 11) is 0. The van der Waals surface area contributed by atoms with E-state index < -0.39 is 29.1 Å². The van der Waals surface area contributed by atoms with Gasteiger partial charge in [0.1, 0.15) is 5.75 Å². The van der Waals surface area contributed by atoms with Gasteiger partial charge >= 0.3 is 12.4 Å². The van der Waals surface area contributed by atoms with Gasteiger partial charge in [-0.15, -0.1) is 0 Å². The molecule has 0 amide bonds. The third-order valence-electron chi connectivity index (χ3n) is 5.39. The van der Waals surface area contributed by atoms with Gasteiger partial charge in [0.2, 0.25) is 0 Å². The number of aliphatic hydroxyl groups is 1. The first-order chi connectivity index (χ1) is 15.2. The largest absolute Gasteiger partial charge is 0.491 e. The number of alkyl halides is 6. The second-order valence-corrected chi connectivity index (χ2v) is 8.12. The third-order valence-corrected chi connectivity index (χ3v) is 5.39. The van der Waals surface area contributed by atoms with Crippen molar-refractivity contribution >= 4 is 21.7 Å². The number of nitrogens with zero attached hydrogens (tertiary/aromatic N) is 1. The van der Waals surface area contributed by atoms with E-state index in [4.69, 9.17) is 4.74 Å². The third kappa shape index (κ3) is 4.28. The van der Waals surface area contributed by atoms with Crippen LogP contribution >= 0.6 is 0 Å². The van der Waals surface area contributed by atoms with Crippen molar-refractivity contribution in [1.82, 2.24) is 4.57 Å². The van der Waals surface area contributed by atoms with Crippen LogP contribution in [0.3, 0.4) is 0 Å². The quantitative estimate of drug-likeness (QED) is 0.349.